The molecule has 0 amide bonds. The van der Waals surface area contributed by atoms with Crippen LogP contribution < -0.4 is 0 Å². The second kappa shape index (κ2) is 5.44. The first-order valence-corrected chi connectivity index (χ1v) is 6.22. The number of aryl methyl sites for hydroxylation is 1. The van der Waals surface area contributed by atoms with Crippen molar-refractivity contribution in [2.45, 2.75) is 25.7 Å². The molecule has 98 valence electrons. The Morgan fingerprint density at radius 1 is 1.50 bits per heavy atom. The summed E-state index contributed by atoms with van der Waals surface area (Å²) in [6, 6.07) is 1.97. The van der Waals surface area contributed by atoms with E-state index in [1.54, 1.807) is 0 Å². The van der Waals surface area contributed by atoms with Crippen LogP contribution in [0.4, 0.5) is 0 Å². The fraction of sp³-hybridized carbons (Fsp3) is 0.615. The van der Waals surface area contributed by atoms with Gasteiger partial charge in [0, 0.05) is 23.9 Å². The van der Waals surface area contributed by atoms with Crippen molar-refractivity contribution in [2.75, 3.05) is 27.2 Å². The zero-order valence-electron chi connectivity index (χ0n) is 11.1. The van der Waals surface area contributed by atoms with E-state index in [1.165, 1.54) is 7.11 Å². The van der Waals surface area contributed by atoms with Crippen LogP contribution in [-0.2, 0) is 4.74 Å². The van der Waals surface area contributed by atoms with Gasteiger partial charge >= 0.3 is 5.97 Å². The maximum absolute atomic E-state index is 11.5. The van der Waals surface area contributed by atoms with Crippen molar-refractivity contribution in [1.82, 2.24) is 14.9 Å². The molecule has 0 N–H and O–H groups in total. The second-order valence-electron chi connectivity index (χ2n) is 4.85. The van der Waals surface area contributed by atoms with E-state index in [2.05, 4.69) is 26.7 Å². The van der Waals surface area contributed by atoms with Gasteiger partial charge in [0.25, 0.3) is 0 Å². The number of rotatable bonds is 2. The minimum Gasteiger partial charge on any atom is -0.463 e. The fourth-order valence-corrected chi connectivity index (χ4v) is 2.39. The van der Waals surface area contributed by atoms with Crippen LogP contribution in [0, 0.1) is 6.92 Å². The molecule has 1 unspecified atom stereocenters. The summed E-state index contributed by atoms with van der Waals surface area (Å²) in [5.41, 5.74) is 1.77. The van der Waals surface area contributed by atoms with Crippen LogP contribution in [0.15, 0.2) is 6.07 Å². The van der Waals surface area contributed by atoms with Gasteiger partial charge in [-0.2, -0.15) is 0 Å². The summed E-state index contributed by atoms with van der Waals surface area (Å²) >= 11 is 0. The summed E-state index contributed by atoms with van der Waals surface area (Å²) in [4.78, 5) is 22.3. The Morgan fingerprint density at radius 2 is 2.28 bits per heavy atom. The minimum atomic E-state index is -0.468. The van der Waals surface area contributed by atoms with Crippen molar-refractivity contribution in [3.63, 3.8) is 0 Å². The van der Waals surface area contributed by atoms with Crippen molar-refractivity contribution in [1.29, 1.82) is 0 Å². The SMILES string of the molecule is COC(=O)c1nc(C)cc(C2CCCN(C)C2)n1. The highest BCUT2D eigenvalue weighted by Crippen LogP contribution is 2.25. The van der Waals surface area contributed by atoms with Crippen molar-refractivity contribution in [3.8, 4) is 0 Å². The number of aromatic nitrogens is 2. The molecule has 1 aliphatic heterocycles. The molecule has 1 aliphatic rings. The molecular formula is C13H19N3O2. The number of likely N-dealkylation sites (tertiary alicyclic amines) is 1. The van der Waals surface area contributed by atoms with Gasteiger partial charge in [0.15, 0.2) is 0 Å². The number of methoxy groups -OCH3 is 1. The summed E-state index contributed by atoms with van der Waals surface area (Å²) in [6.45, 7) is 3.99. The number of piperidine rings is 1. The minimum absolute atomic E-state index is 0.167. The van der Waals surface area contributed by atoms with E-state index in [-0.39, 0.29) is 5.82 Å². The molecule has 0 bridgehead atoms. The zero-order valence-corrected chi connectivity index (χ0v) is 11.1. The highest BCUT2D eigenvalue weighted by Gasteiger charge is 2.22. The first kappa shape index (κ1) is 13.0. The average molecular weight is 249 g/mol. The predicted octanol–water partition coefficient (Wildman–Crippen LogP) is 1.38. The number of carbonyl (C=O) groups is 1. The zero-order chi connectivity index (χ0) is 13.1. The van der Waals surface area contributed by atoms with Crippen LogP contribution in [0.25, 0.3) is 0 Å². The molecule has 1 aromatic rings. The van der Waals surface area contributed by atoms with E-state index in [0.717, 1.165) is 37.3 Å². The molecule has 0 spiro atoms. The number of esters is 1. The molecule has 2 heterocycles. The van der Waals surface area contributed by atoms with E-state index in [0.29, 0.717) is 5.92 Å². The van der Waals surface area contributed by atoms with Crippen LogP contribution in [0.1, 0.15) is 40.8 Å². The van der Waals surface area contributed by atoms with Gasteiger partial charge in [0.2, 0.25) is 5.82 Å². The van der Waals surface area contributed by atoms with Crippen molar-refractivity contribution >= 4 is 5.97 Å². The van der Waals surface area contributed by atoms with Crippen molar-refractivity contribution < 1.29 is 9.53 Å². The second-order valence-corrected chi connectivity index (χ2v) is 4.85. The maximum Gasteiger partial charge on any atom is 0.376 e. The third-order valence-corrected chi connectivity index (χ3v) is 3.28. The summed E-state index contributed by atoms with van der Waals surface area (Å²) < 4.78 is 4.68. The van der Waals surface area contributed by atoms with Crippen molar-refractivity contribution in [3.05, 3.63) is 23.3 Å². The molecule has 1 atom stereocenters. The van der Waals surface area contributed by atoms with Gasteiger partial charge in [-0.25, -0.2) is 14.8 Å². The molecular weight excluding hydrogens is 230 g/mol. The molecule has 1 fully saturated rings. The quantitative estimate of drug-likeness (QED) is 0.741. The van der Waals surface area contributed by atoms with E-state index < -0.39 is 5.97 Å². The Labute approximate surface area is 107 Å². The van der Waals surface area contributed by atoms with E-state index in [1.807, 2.05) is 13.0 Å². The Bertz CT molecular complexity index is 448. The summed E-state index contributed by atoms with van der Waals surface area (Å²) in [5, 5.41) is 0. The van der Waals surface area contributed by atoms with Gasteiger partial charge < -0.3 is 9.64 Å². The topological polar surface area (TPSA) is 55.3 Å². The Morgan fingerprint density at radius 3 is 2.94 bits per heavy atom. The van der Waals surface area contributed by atoms with E-state index in [4.69, 9.17) is 0 Å². The number of carbonyl (C=O) groups excluding carboxylic acids is 1. The summed E-state index contributed by atoms with van der Waals surface area (Å²) in [6.07, 6.45) is 2.28. The number of nitrogens with zero attached hydrogens (tertiary/aromatic N) is 3. The molecule has 1 saturated heterocycles. The lowest BCUT2D eigenvalue weighted by molar-refractivity contribution is 0.0585. The lowest BCUT2D eigenvalue weighted by atomic mass is 9.94. The summed E-state index contributed by atoms with van der Waals surface area (Å²) in [5.74, 6) is 0.0821. The van der Waals surface area contributed by atoms with Gasteiger partial charge in [-0.15, -0.1) is 0 Å². The highest BCUT2D eigenvalue weighted by molar-refractivity contribution is 5.85. The van der Waals surface area contributed by atoms with E-state index >= 15 is 0 Å². The Hall–Kier alpha value is -1.49. The number of hydrogen-bond acceptors (Lipinski definition) is 5. The third kappa shape index (κ3) is 2.85. The molecule has 0 radical (unpaired) electrons. The van der Waals surface area contributed by atoms with Crippen LogP contribution in [-0.4, -0.2) is 48.1 Å². The Balaban J connectivity index is 2.27. The predicted molar refractivity (Wildman–Crippen MR) is 67.6 cm³/mol. The van der Waals surface area contributed by atoms with Crippen LogP contribution in [0.2, 0.25) is 0 Å². The van der Waals surface area contributed by atoms with E-state index in [9.17, 15) is 4.79 Å². The third-order valence-electron chi connectivity index (χ3n) is 3.28. The normalized spacial score (nSPS) is 20.7. The molecule has 18 heavy (non-hydrogen) atoms. The first-order valence-electron chi connectivity index (χ1n) is 6.22. The first-order chi connectivity index (χ1) is 8.60. The van der Waals surface area contributed by atoms with Gasteiger partial charge in [0.1, 0.15) is 0 Å². The standard InChI is InChI=1S/C13H19N3O2/c1-9-7-11(10-5-4-6-16(2)8-10)15-12(14-9)13(17)18-3/h7,10H,4-6,8H2,1-3H3. The largest absolute Gasteiger partial charge is 0.463 e. The van der Waals surface area contributed by atoms with Crippen LogP contribution >= 0.6 is 0 Å². The molecule has 2 rings (SSSR count). The maximum atomic E-state index is 11.5. The smallest absolute Gasteiger partial charge is 0.376 e. The molecule has 5 heteroatoms. The molecule has 0 aromatic carbocycles. The van der Waals surface area contributed by atoms with Gasteiger partial charge in [-0.1, -0.05) is 0 Å². The molecule has 0 aliphatic carbocycles. The summed E-state index contributed by atoms with van der Waals surface area (Å²) in [7, 11) is 3.46. The number of likely N-dealkylation sites (N-methyl/N-ethyl adjacent to an activating group) is 1. The molecule has 5 nitrogen and oxygen atoms in total. The Kier molecular flexibility index (Phi) is 3.91. The molecule has 1 aromatic heterocycles. The monoisotopic (exact) mass is 249 g/mol. The van der Waals surface area contributed by atoms with Gasteiger partial charge in [-0.05, 0) is 39.4 Å². The van der Waals surface area contributed by atoms with Crippen LogP contribution in [0.3, 0.4) is 0 Å². The average Bonchev–Trinajstić information content (AvgIpc) is 2.37. The number of hydrogen-bond donors (Lipinski definition) is 0. The van der Waals surface area contributed by atoms with Crippen LogP contribution in [0.5, 0.6) is 0 Å². The fourth-order valence-electron chi connectivity index (χ4n) is 2.39. The number of ether oxygens (including phenoxy) is 1. The van der Waals surface area contributed by atoms with Crippen molar-refractivity contribution in [2.24, 2.45) is 0 Å². The lowest BCUT2D eigenvalue weighted by Crippen LogP contribution is -2.31. The van der Waals surface area contributed by atoms with Gasteiger partial charge in [-0.3, -0.25) is 0 Å². The van der Waals surface area contributed by atoms with Gasteiger partial charge in [0.05, 0.1) is 7.11 Å². The molecule has 0 saturated carbocycles. The lowest BCUT2D eigenvalue weighted by Gasteiger charge is -2.29. The highest BCUT2D eigenvalue weighted by atomic mass is 16.5.